The number of phenolic OH excluding ortho intramolecular Hbond substituents is 1. The minimum absolute atomic E-state index is 0.0152. The van der Waals surface area contributed by atoms with Crippen LogP contribution in [0, 0.1) is 10.1 Å². The number of rotatable bonds is 5. The molecule has 2 aromatic rings. The SMILES string of the molecule is COc1cc(CNC(=O)c2ccc([N+](=O)[O-])s2)ccc1O. The molecule has 0 bridgehead atoms. The van der Waals surface area contributed by atoms with E-state index >= 15 is 0 Å². The fourth-order valence-electron chi connectivity index (χ4n) is 1.65. The van der Waals surface area contributed by atoms with Gasteiger partial charge < -0.3 is 15.2 Å². The Balaban J connectivity index is 2.01. The molecule has 1 aromatic heterocycles. The van der Waals surface area contributed by atoms with Crippen molar-refractivity contribution in [3.8, 4) is 11.5 Å². The first-order valence-electron chi connectivity index (χ1n) is 5.89. The maximum Gasteiger partial charge on any atom is 0.324 e. The van der Waals surface area contributed by atoms with Crippen LogP contribution in [-0.4, -0.2) is 23.0 Å². The lowest BCUT2D eigenvalue weighted by Crippen LogP contribution is -2.21. The highest BCUT2D eigenvalue weighted by molar-refractivity contribution is 7.17. The number of nitro groups is 1. The molecule has 0 aliphatic carbocycles. The molecule has 0 saturated carbocycles. The average molecular weight is 308 g/mol. The smallest absolute Gasteiger partial charge is 0.324 e. The van der Waals surface area contributed by atoms with Crippen molar-refractivity contribution < 1.29 is 19.6 Å². The number of aromatic hydroxyl groups is 1. The zero-order valence-electron chi connectivity index (χ0n) is 11.0. The molecule has 0 unspecified atom stereocenters. The maximum absolute atomic E-state index is 11.9. The van der Waals surface area contributed by atoms with Crippen LogP contribution < -0.4 is 10.1 Å². The molecule has 2 N–H and O–H groups in total. The molecule has 7 nitrogen and oxygen atoms in total. The van der Waals surface area contributed by atoms with Crippen LogP contribution in [0.1, 0.15) is 15.2 Å². The second-order valence-corrected chi connectivity index (χ2v) is 5.15. The van der Waals surface area contributed by atoms with E-state index in [4.69, 9.17) is 4.74 Å². The van der Waals surface area contributed by atoms with Gasteiger partial charge in [0, 0.05) is 12.6 Å². The van der Waals surface area contributed by atoms with E-state index in [1.807, 2.05) is 0 Å². The van der Waals surface area contributed by atoms with Gasteiger partial charge in [-0.25, -0.2) is 0 Å². The Bertz CT molecular complexity index is 683. The van der Waals surface area contributed by atoms with Crippen LogP contribution in [0.3, 0.4) is 0 Å². The number of nitrogens with zero attached hydrogens (tertiary/aromatic N) is 1. The Labute approximate surface area is 123 Å². The summed E-state index contributed by atoms with van der Waals surface area (Å²) in [6.45, 7) is 0.223. The molecule has 21 heavy (non-hydrogen) atoms. The first-order valence-corrected chi connectivity index (χ1v) is 6.71. The van der Waals surface area contributed by atoms with E-state index in [-0.39, 0.29) is 28.1 Å². The number of ether oxygens (including phenoxy) is 1. The molecular formula is C13H12N2O5S. The molecule has 110 valence electrons. The first kappa shape index (κ1) is 14.8. The maximum atomic E-state index is 11.9. The third kappa shape index (κ3) is 3.48. The van der Waals surface area contributed by atoms with E-state index in [2.05, 4.69) is 5.32 Å². The number of hydrogen-bond donors (Lipinski definition) is 2. The highest BCUT2D eigenvalue weighted by Crippen LogP contribution is 2.26. The summed E-state index contributed by atoms with van der Waals surface area (Å²) in [5.41, 5.74) is 0.740. The van der Waals surface area contributed by atoms with Gasteiger partial charge in [0.1, 0.15) is 0 Å². The number of benzene rings is 1. The lowest BCUT2D eigenvalue weighted by molar-refractivity contribution is -0.380. The zero-order chi connectivity index (χ0) is 15.4. The van der Waals surface area contributed by atoms with Crippen molar-refractivity contribution in [1.29, 1.82) is 0 Å². The van der Waals surface area contributed by atoms with Crippen molar-refractivity contribution in [3.05, 3.63) is 50.9 Å². The molecule has 1 aromatic carbocycles. The second-order valence-electron chi connectivity index (χ2n) is 4.08. The number of thiophene rings is 1. The second kappa shape index (κ2) is 6.23. The van der Waals surface area contributed by atoms with Gasteiger partial charge in [-0.05, 0) is 23.8 Å². The fourth-order valence-corrected chi connectivity index (χ4v) is 2.39. The van der Waals surface area contributed by atoms with Crippen molar-refractivity contribution in [3.63, 3.8) is 0 Å². The van der Waals surface area contributed by atoms with Gasteiger partial charge in [-0.1, -0.05) is 17.4 Å². The van der Waals surface area contributed by atoms with Crippen molar-refractivity contribution in [1.82, 2.24) is 5.32 Å². The van der Waals surface area contributed by atoms with Gasteiger partial charge in [-0.2, -0.15) is 0 Å². The monoisotopic (exact) mass is 308 g/mol. The highest BCUT2D eigenvalue weighted by Gasteiger charge is 2.15. The molecule has 0 aliphatic rings. The number of carbonyl (C=O) groups is 1. The molecular weight excluding hydrogens is 296 g/mol. The molecule has 0 aliphatic heterocycles. The predicted octanol–water partition coefficient (Wildman–Crippen LogP) is 2.30. The Kier molecular flexibility index (Phi) is 4.39. The number of phenols is 1. The standard InChI is InChI=1S/C13H12N2O5S/c1-20-10-6-8(2-3-9(10)16)7-14-13(17)11-4-5-12(21-11)15(18)19/h2-6,16H,7H2,1H3,(H,14,17). The summed E-state index contributed by atoms with van der Waals surface area (Å²) in [4.78, 5) is 22.2. The minimum Gasteiger partial charge on any atom is -0.504 e. The number of amides is 1. The quantitative estimate of drug-likeness (QED) is 0.652. The van der Waals surface area contributed by atoms with Gasteiger partial charge in [-0.3, -0.25) is 14.9 Å². The van der Waals surface area contributed by atoms with Gasteiger partial charge in [0.2, 0.25) is 0 Å². The largest absolute Gasteiger partial charge is 0.504 e. The third-order valence-electron chi connectivity index (χ3n) is 2.69. The van der Waals surface area contributed by atoms with Crippen molar-refractivity contribution >= 4 is 22.2 Å². The summed E-state index contributed by atoms with van der Waals surface area (Å²) in [6, 6.07) is 7.43. The minimum atomic E-state index is -0.535. The fraction of sp³-hybridized carbons (Fsp3) is 0.154. The Morgan fingerprint density at radius 3 is 2.81 bits per heavy atom. The van der Waals surface area contributed by atoms with Crippen LogP contribution in [0.25, 0.3) is 0 Å². The number of nitrogens with one attached hydrogen (secondary N) is 1. The van der Waals surface area contributed by atoms with Gasteiger partial charge in [-0.15, -0.1) is 0 Å². The van der Waals surface area contributed by atoms with E-state index < -0.39 is 4.92 Å². The summed E-state index contributed by atoms with van der Waals surface area (Å²) >= 11 is 0.819. The Morgan fingerprint density at radius 2 is 2.19 bits per heavy atom. The molecule has 0 atom stereocenters. The van der Waals surface area contributed by atoms with E-state index in [0.717, 1.165) is 16.9 Å². The van der Waals surface area contributed by atoms with Crippen molar-refractivity contribution in [2.24, 2.45) is 0 Å². The summed E-state index contributed by atoms with van der Waals surface area (Å²) < 4.78 is 4.97. The summed E-state index contributed by atoms with van der Waals surface area (Å²) in [7, 11) is 1.43. The first-order chi connectivity index (χ1) is 10.0. The molecule has 0 radical (unpaired) electrons. The van der Waals surface area contributed by atoms with E-state index in [1.165, 1.54) is 25.3 Å². The summed E-state index contributed by atoms with van der Waals surface area (Å²) in [6.07, 6.45) is 0. The number of carbonyl (C=O) groups excluding carboxylic acids is 1. The van der Waals surface area contributed by atoms with Gasteiger partial charge in [0.25, 0.3) is 5.91 Å². The number of hydrogen-bond acceptors (Lipinski definition) is 6. The summed E-state index contributed by atoms with van der Waals surface area (Å²) in [5, 5.41) is 22.6. The summed E-state index contributed by atoms with van der Waals surface area (Å²) in [5.74, 6) is -0.0601. The van der Waals surface area contributed by atoms with Crippen LogP contribution >= 0.6 is 11.3 Å². The Morgan fingerprint density at radius 1 is 1.43 bits per heavy atom. The van der Waals surface area contributed by atoms with E-state index in [9.17, 15) is 20.0 Å². The molecule has 1 heterocycles. The van der Waals surface area contributed by atoms with Crippen molar-refractivity contribution in [2.45, 2.75) is 6.54 Å². The van der Waals surface area contributed by atoms with Gasteiger partial charge in [0.15, 0.2) is 11.5 Å². The van der Waals surface area contributed by atoms with Gasteiger partial charge in [0.05, 0.1) is 16.9 Å². The van der Waals surface area contributed by atoms with E-state index in [0.29, 0.717) is 5.75 Å². The van der Waals surface area contributed by atoms with Crippen LogP contribution in [-0.2, 0) is 6.54 Å². The molecule has 0 saturated heterocycles. The van der Waals surface area contributed by atoms with Crippen LogP contribution in [0.15, 0.2) is 30.3 Å². The Hall–Kier alpha value is -2.61. The number of methoxy groups -OCH3 is 1. The average Bonchev–Trinajstić information content (AvgIpc) is 2.96. The van der Waals surface area contributed by atoms with Crippen LogP contribution in [0.2, 0.25) is 0 Å². The molecule has 2 rings (SSSR count). The topological polar surface area (TPSA) is 102 Å². The lowest BCUT2D eigenvalue weighted by Gasteiger charge is -2.07. The van der Waals surface area contributed by atoms with Gasteiger partial charge >= 0.3 is 5.00 Å². The molecule has 0 fully saturated rings. The zero-order valence-corrected chi connectivity index (χ0v) is 11.8. The van der Waals surface area contributed by atoms with E-state index in [1.54, 1.807) is 12.1 Å². The molecule has 8 heteroatoms. The van der Waals surface area contributed by atoms with Crippen LogP contribution in [0.4, 0.5) is 5.00 Å². The molecule has 0 spiro atoms. The normalized spacial score (nSPS) is 10.1. The molecule has 1 amide bonds. The highest BCUT2D eigenvalue weighted by atomic mass is 32.1. The van der Waals surface area contributed by atoms with Crippen LogP contribution in [0.5, 0.6) is 11.5 Å². The lowest BCUT2D eigenvalue weighted by atomic mass is 10.2. The van der Waals surface area contributed by atoms with Crippen molar-refractivity contribution in [2.75, 3.05) is 7.11 Å². The predicted molar refractivity (Wildman–Crippen MR) is 76.8 cm³/mol. The third-order valence-corrected chi connectivity index (χ3v) is 3.73.